The van der Waals surface area contributed by atoms with E-state index in [0.29, 0.717) is 5.88 Å². The molecule has 2 rings (SSSR count). The molecule has 1 fully saturated rings. The molecule has 1 aliphatic rings. The summed E-state index contributed by atoms with van der Waals surface area (Å²) in [4.78, 5) is 3.89. The summed E-state index contributed by atoms with van der Waals surface area (Å²) in [6.07, 6.45) is 1.21. The number of sulfone groups is 1. The third kappa shape index (κ3) is 2.79. The van der Waals surface area contributed by atoms with Gasteiger partial charge in [-0.15, -0.1) is 0 Å². The molecule has 0 N–H and O–H groups in total. The Morgan fingerprint density at radius 2 is 2.10 bits per heavy atom. The number of nitrogens with zero attached hydrogens (tertiary/aromatic N) is 2. The summed E-state index contributed by atoms with van der Waals surface area (Å²) in [7, 11) is -5.47. The molecule has 1 aromatic heterocycles. The zero-order valence-corrected chi connectivity index (χ0v) is 12.8. The van der Waals surface area contributed by atoms with Crippen LogP contribution in [0.5, 0.6) is 5.88 Å². The van der Waals surface area contributed by atoms with Crippen molar-refractivity contribution >= 4 is 19.9 Å². The predicted octanol–water partition coefficient (Wildman–Crippen LogP) is -0.102. The molecule has 1 saturated heterocycles. The second kappa shape index (κ2) is 5.30. The zero-order valence-electron chi connectivity index (χ0n) is 11.2. The average Bonchev–Trinajstić information content (AvgIpc) is 2.41. The molecule has 0 bridgehead atoms. The van der Waals surface area contributed by atoms with Crippen LogP contribution >= 0.6 is 0 Å². The Balaban J connectivity index is 2.27. The first-order valence-electron chi connectivity index (χ1n) is 5.99. The molecule has 0 radical (unpaired) electrons. The van der Waals surface area contributed by atoms with Gasteiger partial charge in [0.1, 0.15) is 4.90 Å². The summed E-state index contributed by atoms with van der Waals surface area (Å²) in [5, 5.41) is -0.697. The molecule has 0 aliphatic carbocycles. The molecule has 0 saturated carbocycles. The van der Waals surface area contributed by atoms with Gasteiger partial charge in [0.25, 0.3) is 0 Å². The fraction of sp³-hybridized carbons (Fsp3) is 0.545. The van der Waals surface area contributed by atoms with Gasteiger partial charge in [-0.2, -0.15) is 4.31 Å². The lowest BCUT2D eigenvalue weighted by Crippen LogP contribution is -2.47. The van der Waals surface area contributed by atoms with Crippen molar-refractivity contribution in [2.24, 2.45) is 0 Å². The van der Waals surface area contributed by atoms with Crippen molar-refractivity contribution in [3.63, 3.8) is 0 Å². The van der Waals surface area contributed by atoms with E-state index in [1.54, 1.807) is 0 Å². The second-order valence-corrected chi connectivity index (χ2v) is 9.05. The Hall–Kier alpha value is -1.19. The van der Waals surface area contributed by atoms with E-state index < -0.39 is 25.1 Å². The Morgan fingerprint density at radius 3 is 2.60 bits per heavy atom. The van der Waals surface area contributed by atoms with Crippen LogP contribution in [0.4, 0.5) is 0 Å². The smallest absolute Gasteiger partial charge is 0.244 e. The maximum Gasteiger partial charge on any atom is 0.244 e. The molecule has 7 nitrogen and oxygen atoms in total. The molecule has 0 aromatic carbocycles. The maximum absolute atomic E-state index is 12.4. The van der Waals surface area contributed by atoms with Gasteiger partial charge in [0.05, 0.1) is 24.3 Å². The van der Waals surface area contributed by atoms with Gasteiger partial charge in [0, 0.05) is 19.2 Å². The number of pyridine rings is 1. The third-order valence-electron chi connectivity index (χ3n) is 3.26. The molecule has 0 spiro atoms. The van der Waals surface area contributed by atoms with Crippen molar-refractivity contribution in [3.05, 3.63) is 18.3 Å². The van der Waals surface area contributed by atoms with Crippen LogP contribution in [0.2, 0.25) is 0 Å². The van der Waals surface area contributed by atoms with Crippen molar-refractivity contribution in [2.45, 2.75) is 17.1 Å². The summed E-state index contributed by atoms with van der Waals surface area (Å²) < 4.78 is 54.1. The number of aromatic nitrogens is 1. The predicted molar refractivity (Wildman–Crippen MR) is 72.8 cm³/mol. The molecule has 20 heavy (non-hydrogen) atoms. The highest BCUT2D eigenvalue weighted by Crippen LogP contribution is 2.21. The Kier molecular flexibility index (Phi) is 4.03. The maximum atomic E-state index is 12.4. The second-order valence-electron chi connectivity index (χ2n) is 4.58. The highest BCUT2D eigenvalue weighted by molar-refractivity contribution is 7.92. The summed E-state index contributed by atoms with van der Waals surface area (Å²) >= 11 is 0. The molecular weight excluding hydrogens is 304 g/mol. The number of rotatable bonds is 3. The molecular formula is C11H16N2O5S2. The Bertz CT molecular complexity index is 682. The van der Waals surface area contributed by atoms with Crippen molar-refractivity contribution in [2.75, 3.05) is 26.0 Å². The summed E-state index contributed by atoms with van der Waals surface area (Å²) in [5.41, 5.74) is 0. The van der Waals surface area contributed by atoms with Gasteiger partial charge < -0.3 is 4.74 Å². The first-order valence-corrected chi connectivity index (χ1v) is 9.14. The van der Waals surface area contributed by atoms with Gasteiger partial charge in [-0.1, -0.05) is 0 Å². The minimum Gasteiger partial charge on any atom is -0.481 e. The molecule has 0 amide bonds. The first-order chi connectivity index (χ1) is 9.27. The van der Waals surface area contributed by atoms with Crippen molar-refractivity contribution in [1.82, 2.24) is 9.29 Å². The normalized spacial score (nSPS) is 23.4. The van der Waals surface area contributed by atoms with Crippen LogP contribution in [0.1, 0.15) is 6.92 Å². The fourth-order valence-electron chi connectivity index (χ4n) is 1.93. The summed E-state index contributed by atoms with van der Waals surface area (Å²) in [6.45, 7) is 1.46. The lowest BCUT2D eigenvalue weighted by atomic mass is 10.4. The third-order valence-corrected chi connectivity index (χ3v) is 7.23. The van der Waals surface area contributed by atoms with Crippen LogP contribution in [0, 0.1) is 0 Å². The van der Waals surface area contributed by atoms with Gasteiger partial charge in [-0.25, -0.2) is 21.8 Å². The largest absolute Gasteiger partial charge is 0.481 e. The van der Waals surface area contributed by atoms with Crippen LogP contribution in [-0.4, -0.2) is 57.3 Å². The Labute approximate surface area is 118 Å². The minimum atomic E-state index is -3.72. The van der Waals surface area contributed by atoms with E-state index in [4.69, 9.17) is 4.74 Å². The van der Waals surface area contributed by atoms with Gasteiger partial charge in [0.2, 0.25) is 15.9 Å². The molecule has 1 aromatic rings. The lowest BCUT2D eigenvalue weighted by molar-refractivity contribution is 0.395. The minimum absolute atomic E-state index is 0.0268. The monoisotopic (exact) mass is 320 g/mol. The number of hydrogen-bond donors (Lipinski definition) is 0. The number of hydrogen-bond acceptors (Lipinski definition) is 6. The highest BCUT2D eigenvalue weighted by Gasteiger charge is 2.36. The zero-order chi connectivity index (χ0) is 15.0. The molecule has 9 heteroatoms. The fourth-order valence-corrected chi connectivity index (χ4v) is 4.90. The van der Waals surface area contributed by atoms with Crippen molar-refractivity contribution in [3.8, 4) is 5.88 Å². The van der Waals surface area contributed by atoms with Crippen molar-refractivity contribution < 1.29 is 21.6 Å². The highest BCUT2D eigenvalue weighted by atomic mass is 32.2. The van der Waals surface area contributed by atoms with Crippen LogP contribution in [-0.2, 0) is 19.9 Å². The van der Waals surface area contributed by atoms with Crippen LogP contribution < -0.4 is 4.74 Å². The SMILES string of the molecule is COc1ccc(S(=O)(=O)N2CCS(=O)(=O)C(C)C2)cn1. The number of methoxy groups -OCH3 is 1. The Morgan fingerprint density at radius 1 is 1.40 bits per heavy atom. The van der Waals surface area contributed by atoms with Gasteiger partial charge in [-0.05, 0) is 13.0 Å². The average molecular weight is 320 g/mol. The van der Waals surface area contributed by atoms with E-state index in [1.165, 1.54) is 36.7 Å². The summed E-state index contributed by atoms with van der Waals surface area (Å²) in [6, 6.07) is 2.85. The van der Waals surface area contributed by atoms with Crippen LogP contribution in [0.15, 0.2) is 23.2 Å². The van der Waals surface area contributed by atoms with E-state index in [2.05, 4.69) is 4.98 Å². The van der Waals surface area contributed by atoms with Gasteiger partial charge >= 0.3 is 0 Å². The van der Waals surface area contributed by atoms with Crippen molar-refractivity contribution in [1.29, 1.82) is 0 Å². The van der Waals surface area contributed by atoms with Crippen LogP contribution in [0.3, 0.4) is 0 Å². The van der Waals surface area contributed by atoms with Crippen LogP contribution in [0.25, 0.3) is 0 Å². The van der Waals surface area contributed by atoms with Gasteiger partial charge in [-0.3, -0.25) is 0 Å². The number of sulfonamides is 1. The van der Waals surface area contributed by atoms with E-state index in [1.807, 2.05) is 0 Å². The molecule has 1 unspecified atom stereocenters. The topological polar surface area (TPSA) is 93.6 Å². The molecule has 1 aliphatic heterocycles. The molecule has 2 heterocycles. The molecule has 112 valence electrons. The van der Waals surface area contributed by atoms with E-state index in [0.717, 1.165) is 0 Å². The molecule has 1 atom stereocenters. The van der Waals surface area contributed by atoms with E-state index >= 15 is 0 Å². The first kappa shape index (κ1) is 15.2. The lowest BCUT2D eigenvalue weighted by Gasteiger charge is -2.29. The quantitative estimate of drug-likeness (QED) is 0.772. The van der Waals surface area contributed by atoms with Gasteiger partial charge in [0.15, 0.2) is 9.84 Å². The summed E-state index contributed by atoms with van der Waals surface area (Å²) in [5.74, 6) is 0.162. The standard InChI is InChI=1S/C11H16N2O5S2/c1-9-8-13(5-6-19(9,14)15)20(16,17)10-3-4-11(18-2)12-7-10/h3-4,7,9H,5-6,8H2,1-2H3. The number of ether oxygens (including phenoxy) is 1. The van der Waals surface area contributed by atoms with E-state index in [9.17, 15) is 16.8 Å². The van der Waals surface area contributed by atoms with E-state index in [-0.39, 0.29) is 23.7 Å².